The van der Waals surface area contributed by atoms with Crippen molar-refractivity contribution in [2.24, 2.45) is 0 Å². The second-order valence-corrected chi connectivity index (χ2v) is 3.16. The minimum absolute atomic E-state index is 0.0661. The summed E-state index contributed by atoms with van der Waals surface area (Å²) in [5.74, 6) is -0.869. The lowest BCUT2D eigenvalue weighted by Crippen LogP contribution is -2.21. The fourth-order valence-electron chi connectivity index (χ4n) is 1.14. The molecule has 1 unspecified atom stereocenters. The first-order valence-electron chi connectivity index (χ1n) is 4.75. The van der Waals surface area contributed by atoms with Crippen LogP contribution in [0.5, 0.6) is 0 Å². The molecule has 0 amide bonds. The monoisotopic (exact) mass is 214 g/mol. The first kappa shape index (κ1) is 11.7. The van der Waals surface area contributed by atoms with Crippen molar-refractivity contribution in [3.8, 4) is 0 Å². The third-order valence-corrected chi connectivity index (χ3v) is 1.89. The highest BCUT2D eigenvalue weighted by Gasteiger charge is 2.28. The van der Waals surface area contributed by atoms with Crippen molar-refractivity contribution in [1.82, 2.24) is 0 Å². The average molecular weight is 214 g/mol. The number of hydrogen-bond donors (Lipinski definition) is 0. The molecule has 0 aromatic rings. The second kappa shape index (κ2) is 5.50. The summed E-state index contributed by atoms with van der Waals surface area (Å²) in [5.41, 5.74) is 0.417. The lowest BCUT2D eigenvalue weighted by atomic mass is 10.2. The van der Waals surface area contributed by atoms with Gasteiger partial charge in [0.1, 0.15) is 19.3 Å². The number of hydrogen-bond acceptors (Lipinski definition) is 5. The van der Waals surface area contributed by atoms with Crippen LogP contribution >= 0.6 is 0 Å². The van der Waals surface area contributed by atoms with Gasteiger partial charge in [-0.05, 0) is 6.92 Å². The van der Waals surface area contributed by atoms with Crippen molar-refractivity contribution < 1.29 is 23.8 Å². The van der Waals surface area contributed by atoms with Crippen molar-refractivity contribution in [2.45, 2.75) is 19.4 Å². The van der Waals surface area contributed by atoms with Gasteiger partial charge in [-0.25, -0.2) is 9.59 Å². The van der Waals surface area contributed by atoms with Gasteiger partial charge in [-0.3, -0.25) is 0 Å². The van der Waals surface area contributed by atoms with Crippen LogP contribution in [-0.4, -0.2) is 37.9 Å². The Balaban J connectivity index is 2.18. The fraction of sp³-hybridized carbons (Fsp3) is 0.600. The van der Waals surface area contributed by atoms with Gasteiger partial charge in [0, 0.05) is 18.6 Å². The Morgan fingerprint density at radius 1 is 1.67 bits per heavy atom. The van der Waals surface area contributed by atoms with Crippen LogP contribution in [0.3, 0.4) is 0 Å². The van der Waals surface area contributed by atoms with E-state index in [4.69, 9.17) is 14.2 Å². The van der Waals surface area contributed by atoms with Gasteiger partial charge in [-0.2, -0.15) is 0 Å². The zero-order valence-corrected chi connectivity index (χ0v) is 8.65. The van der Waals surface area contributed by atoms with Gasteiger partial charge in [0.25, 0.3) is 0 Å². The molecule has 1 aliphatic heterocycles. The maximum Gasteiger partial charge on any atom is 0.333 e. The lowest BCUT2D eigenvalue weighted by Gasteiger charge is -2.09. The molecule has 5 heteroatoms. The van der Waals surface area contributed by atoms with E-state index in [1.54, 1.807) is 6.92 Å². The maximum absolute atomic E-state index is 11.0. The van der Waals surface area contributed by atoms with Crippen molar-refractivity contribution in [1.29, 1.82) is 0 Å². The van der Waals surface area contributed by atoms with E-state index in [0.29, 0.717) is 18.6 Å². The zero-order chi connectivity index (χ0) is 11.3. The van der Waals surface area contributed by atoms with Gasteiger partial charge < -0.3 is 14.2 Å². The highest BCUT2D eigenvalue weighted by Crippen LogP contribution is 2.18. The molecular weight excluding hydrogens is 200 g/mol. The predicted octanol–water partition coefficient (Wildman–Crippen LogP) is 0.438. The lowest BCUT2D eigenvalue weighted by molar-refractivity contribution is -0.155. The molecule has 0 radical (unpaired) electrons. The van der Waals surface area contributed by atoms with Crippen LogP contribution in [0.2, 0.25) is 0 Å². The number of carbonyl (C=O) groups is 2. The standard InChI is InChI=1S/C10H14O5/c1-3-13-6-9(11)14-5-8-4-7(2)10(12)15-8/h8H,2-6H2,1H3. The Kier molecular flexibility index (Phi) is 4.30. The Morgan fingerprint density at radius 2 is 2.40 bits per heavy atom. The molecule has 1 atom stereocenters. The molecule has 1 heterocycles. The molecule has 0 aromatic carbocycles. The zero-order valence-electron chi connectivity index (χ0n) is 8.65. The highest BCUT2D eigenvalue weighted by atomic mass is 16.6. The summed E-state index contributed by atoms with van der Waals surface area (Å²) in [6.45, 7) is 5.77. The molecule has 0 aromatic heterocycles. The molecule has 1 fully saturated rings. The van der Waals surface area contributed by atoms with Crippen LogP contribution < -0.4 is 0 Å². The first-order chi connectivity index (χ1) is 7.13. The summed E-state index contributed by atoms with van der Waals surface area (Å²) >= 11 is 0. The van der Waals surface area contributed by atoms with Crippen LogP contribution in [-0.2, 0) is 23.8 Å². The van der Waals surface area contributed by atoms with Crippen LogP contribution in [0.1, 0.15) is 13.3 Å². The molecule has 0 spiro atoms. The van der Waals surface area contributed by atoms with Crippen molar-refractivity contribution in [3.63, 3.8) is 0 Å². The highest BCUT2D eigenvalue weighted by molar-refractivity contribution is 5.89. The van der Waals surface area contributed by atoms with Crippen LogP contribution in [0.4, 0.5) is 0 Å². The molecule has 1 rings (SSSR count). The van der Waals surface area contributed by atoms with E-state index in [9.17, 15) is 9.59 Å². The third-order valence-electron chi connectivity index (χ3n) is 1.89. The molecule has 1 saturated heterocycles. The third kappa shape index (κ3) is 3.71. The van der Waals surface area contributed by atoms with Crippen LogP contribution in [0.25, 0.3) is 0 Å². The number of esters is 2. The summed E-state index contributed by atoms with van der Waals surface area (Å²) in [6, 6.07) is 0. The van der Waals surface area contributed by atoms with Gasteiger partial charge in [0.2, 0.25) is 0 Å². The molecule has 5 nitrogen and oxygen atoms in total. The first-order valence-corrected chi connectivity index (χ1v) is 4.75. The number of cyclic esters (lactones) is 1. The smallest absolute Gasteiger partial charge is 0.333 e. The fourth-order valence-corrected chi connectivity index (χ4v) is 1.14. The van der Waals surface area contributed by atoms with E-state index < -0.39 is 18.0 Å². The quantitative estimate of drug-likeness (QED) is 0.491. The minimum atomic E-state index is -0.453. The average Bonchev–Trinajstić information content (AvgIpc) is 2.52. The molecule has 1 aliphatic rings. The minimum Gasteiger partial charge on any atom is -0.460 e. The molecule has 0 N–H and O–H groups in total. The van der Waals surface area contributed by atoms with Crippen molar-refractivity contribution in [3.05, 3.63) is 12.2 Å². The Morgan fingerprint density at radius 3 is 2.93 bits per heavy atom. The molecule has 0 aliphatic carbocycles. The topological polar surface area (TPSA) is 61.8 Å². The van der Waals surface area contributed by atoms with Crippen molar-refractivity contribution >= 4 is 11.9 Å². The van der Waals surface area contributed by atoms with E-state index in [-0.39, 0.29) is 13.2 Å². The van der Waals surface area contributed by atoms with Crippen molar-refractivity contribution in [2.75, 3.05) is 19.8 Å². The van der Waals surface area contributed by atoms with E-state index in [1.807, 2.05) is 0 Å². The molecular formula is C10H14O5. The Bertz CT molecular complexity index is 255. The maximum atomic E-state index is 11.0. The summed E-state index contributed by atoms with van der Waals surface area (Å²) in [6.07, 6.45) is 0.0244. The van der Waals surface area contributed by atoms with E-state index in [1.165, 1.54) is 0 Å². The molecule has 0 saturated carbocycles. The summed E-state index contributed by atoms with van der Waals surface area (Å²) in [4.78, 5) is 21.9. The van der Waals surface area contributed by atoms with E-state index >= 15 is 0 Å². The molecule has 84 valence electrons. The van der Waals surface area contributed by atoms with Gasteiger partial charge in [-0.15, -0.1) is 0 Å². The van der Waals surface area contributed by atoms with E-state index in [0.717, 1.165) is 0 Å². The van der Waals surface area contributed by atoms with Gasteiger partial charge >= 0.3 is 11.9 Å². The number of carbonyl (C=O) groups excluding carboxylic acids is 2. The second-order valence-electron chi connectivity index (χ2n) is 3.16. The Labute approximate surface area is 88.0 Å². The normalized spacial score (nSPS) is 20.2. The predicted molar refractivity (Wildman–Crippen MR) is 51.1 cm³/mol. The Hall–Kier alpha value is -1.36. The largest absolute Gasteiger partial charge is 0.460 e. The molecule has 15 heavy (non-hydrogen) atoms. The van der Waals surface area contributed by atoms with Crippen LogP contribution in [0, 0.1) is 0 Å². The number of ether oxygens (including phenoxy) is 3. The summed E-state index contributed by atoms with van der Waals surface area (Å²) < 4.78 is 14.6. The van der Waals surface area contributed by atoms with Gasteiger partial charge in [0.15, 0.2) is 0 Å². The van der Waals surface area contributed by atoms with Gasteiger partial charge in [-0.1, -0.05) is 6.58 Å². The SMILES string of the molecule is C=C1CC(COC(=O)COCC)OC1=O. The van der Waals surface area contributed by atoms with E-state index in [2.05, 4.69) is 6.58 Å². The van der Waals surface area contributed by atoms with Gasteiger partial charge in [0.05, 0.1) is 0 Å². The van der Waals surface area contributed by atoms with Crippen LogP contribution in [0.15, 0.2) is 12.2 Å². The number of rotatable bonds is 5. The molecule has 0 bridgehead atoms. The summed E-state index contributed by atoms with van der Waals surface area (Å²) in [5, 5.41) is 0. The summed E-state index contributed by atoms with van der Waals surface area (Å²) in [7, 11) is 0.